The largest absolute Gasteiger partial charge is 0.324 e. The van der Waals surface area contributed by atoms with E-state index in [1.165, 1.54) is 0 Å². The Kier molecular flexibility index (Phi) is 6.42. The predicted octanol–water partition coefficient (Wildman–Crippen LogP) is 4.44. The number of anilines is 1. The molecule has 6 nitrogen and oxygen atoms in total. The minimum atomic E-state index is -0.416. The smallest absolute Gasteiger partial charge is 0.258 e. The van der Waals surface area contributed by atoms with Crippen molar-refractivity contribution >= 4 is 22.5 Å². The highest BCUT2D eigenvalue weighted by Gasteiger charge is 2.22. The van der Waals surface area contributed by atoms with Gasteiger partial charge in [0.1, 0.15) is 5.82 Å². The molecule has 0 saturated carbocycles. The second kappa shape index (κ2) is 9.58. The van der Waals surface area contributed by atoms with Crippen LogP contribution in [-0.4, -0.2) is 33.4 Å². The summed E-state index contributed by atoms with van der Waals surface area (Å²) in [5.41, 5.74) is 3.26. The number of H-pyrrole nitrogens is 1. The van der Waals surface area contributed by atoms with Gasteiger partial charge in [-0.05, 0) is 37.2 Å². The number of carbonyl (C=O) groups is 1. The first-order valence-electron chi connectivity index (χ1n) is 10.7. The molecule has 0 aliphatic rings. The molecule has 6 heteroatoms. The monoisotopic (exact) mass is 426 g/mol. The maximum Gasteiger partial charge on any atom is 0.258 e. The Labute approximate surface area is 186 Å². The molecular formula is C26H26N4O2. The van der Waals surface area contributed by atoms with Crippen LogP contribution in [-0.2, 0) is 11.3 Å². The minimum Gasteiger partial charge on any atom is -0.324 e. The maximum absolute atomic E-state index is 13.1. The Morgan fingerprint density at radius 3 is 2.47 bits per heavy atom. The Morgan fingerprint density at radius 2 is 1.69 bits per heavy atom. The molecular weight excluding hydrogens is 400 g/mol. The normalized spacial score (nSPS) is 12.1. The topological polar surface area (TPSA) is 78.1 Å². The van der Waals surface area contributed by atoms with Gasteiger partial charge < -0.3 is 10.3 Å². The fraction of sp³-hybridized carbons (Fsp3) is 0.192. The minimum absolute atomic E-state index is 0.113. The van der Waals surface area contributed by atoms with Gasteiger partial charge in [0.05, 0.1) is 23.5 Å². The molecule has 0 fully saturated rings. The van der Waals surface area contributed by atoms with Gasteiger partial charge in [-0.3, -0.25) is 14.5 Å². The lowest BCUT2D eigenvalue weighted by atomic mass is 10.0. The van der Waals surface area contributed by atoms with Crippen molar-refractivity contribution in [1.29, 1.82) is 0 Å². The number of nitrogens with zero attached hydrogens (tertiary/aromatic N) is 2. The van der Waals surface area contributed by atoms with Crippen LogP contribution in [0.5, 0.6) is 0 Å². The van der Waals surface area contributed by atoms with E-state index in [4.69, 9.17) is 0 Å². The number of benzene rings is 3. The number of hydrogen-bond donors (Lipinski definition) is 2. The van der Waals surface area contributed by atoms with Crippen LogP contribution < -0.4 is 10.9 Å². The average molecular weight is 427 g/mol. The van der Waals surface area contributed by atoms with E-state index in [0.717, 1.165) is 16.8 Å². The van der Waals surface area contributed by atoms with Gasteiger partial charge in [0, 0.05) is 11.3 Å². The van der Waals surface area contributed by atoms with Crippen LogP contribution in [0.15, 0.2) is 83.7 Å². The second-order valence-corrected chi connectivity index (χ2v) is 7.67. The van der Waals surface area contributed by atoms with E-state index >= 15 is 0 Å². The van der Waals surface area contributed by atoms with E-state index in [9.17, 15) is 9.59 Å². The third-order valence-corrected chi connectivity index (χ3v) is 5.62. The predicted molar refractivity (Wildman–Crippen MR) is 128 cm³/mol. The fourth-order valence-electron chi connectivity index (χ4n) is 3.79. The van der Waals surface area contributed by atoms with Crippen molar-refractivity contribution in [2.75, 3.05) is 11.9 Å². The average Bonchev–Trinajstić information content (AvgIpc) is 2.83. The van der Waals surface area contributed by atoms with E-state index < -0.39 is 6.04 Å². The summed E-state index contributed by atoms with van der Waals surface area (Å²) in [6.07, 6.45) is 0. The standard InChI is InChI=1S/C26H26N4O2/c1-3-30(17-24-27-23-16-10-8-14-21(23)26(32)29-24)18(2)25(31)28-22-15-9-7-13-20(22)19-11-5-4-6-12-19/h4-16,18H,3,17H2,1-2H3,(H,28,31)(H,27,29,32). The summed E-state index contributed by atoms with van der Waals surface area (Å²) in [4.78, 5) is 34.9. The third kappa shape index (κ3) is 4.60. The Balaban J connectivity index is 1.53. The zero-order valence-corrected chi connectivity index (χ0v) is 18.2. The number of carbonyl (C=O) groups excluding carboxylic acids is 1. The lowest BCUT2D eigenvalue weighted by Gasteiger charge is -2.26. The molecule has 162 valence electrons. The van der Waals surface area contributed by atoms with Crippen molar-refractivity contribution in [2.24, 2.45) is 0 Å². The van der Waals surface area contributed by atoms with Crippen molar-refractivity contribution in [3.05, 3.63) is 95.0 Å². The highest BCUT2D eigenvalue weighted by atomic mass is 16.2. The van der Waals surface area contributed by atoms with Gasteiger partial charge in [0.15, 0.2) is 0 Å². The van der Waals surface area contributed by atoms with Crippen molar-refractivity contribution in [2.45, 2.75) is 26.4 Å². The number of fused-ring (bicyclic) bond motifs is 1. The van der Waals surface area contributed by atoms with Gasteiger partial charge in [-0.15, -0.1) is 0 Å². The van der Waals surface area contributed by atoms with Gasteiger partial charge in [-0.1, -0.05) is 67.6 Å². The molecule has 32 heavy (non-hydrogen) atoms. The molecule has 2 N–H and O–H groups in total. The van der Waals surface area contributed by atoms with Crippen molar-refractivity contribution in [3.63, 3.8) is 0 Å². The number of amides is 1. The Morgan fingerprint density at radius 1 is 1.00 bits per heavy atom. The van der Waals surface area contributed by atoms with Crippen LogP contribution in [0, 0.1) is 0 Å². The highest BCUT2D eigenvalue weighted by Crippen LogP contribution is 2.27. The first kappa shape index (κ1) is 21.5. The van der Waals surface area contributed by atoms with Gasteiger partial charge in [-0.2, -0.15) is 0 Å². The number of para-hydroxylation sites is 2. The molecule has 0 spiro atoms. The van der Waals surface area contributed by atoms with Crippen LogP contribution in [0.2, 0.25) is 0 Å². The van der Waals surface area contributed by atoms with E-state index in [0.29, 0.717) is 29.8 Å². The second-order valence-electron chi connectivity index (χ2n) is 7.67. The fourth-order valence-corrected chi connectivity index (χ4v) is 3.79. The van der Waals surface area contributed by atoms with Gasteiger partial charge in [0.25, 0.3) is 5.56 Å². The van der Waals surface area contributed by atoms with Gasteiger partial charge in [-0.25, -0.2) is 4.98 Å². The zero-order valence-electron chi connectivity index (χ0n) is 18.2. The molecule has 0 aliphatic heterocycles. The summed E-state index contributed by atoms with van der Waals surface area (Å²) in [6.45, 7) is 4.85. The molecule has 4 rings (SSSR count). The molecule has 0 aliphatic carbocycles. The zero-order chi connectivity index (χ0) is 22.5. The highest BCUT2D eigenvalue weighted by molar-refractivity contribution is 5.98. The SMILES string of the molecule is CCN(Cc1nc2ccccc2c(=O)[nH]1)C(C)C(=O)Nc1ccccc1-c1ccccc1. The number of rotatable bonds is 7. The first-order valence-corrected chi connectivity index (χ1v) is 10.7. The van der Waals surface area contributed by atoms with E-state index in [1.54, 1.807) is 6.07 Å². The van der Waals surface area contributed by atoms with Crippen molar-refractivity contribution in [3.8, 4) is 11.1 Å². The van der Waals surface area contributed by atoms with E-state index in [1.807, 2.05) is 91.5 Å². The number of nitrogens with one attached hydrogen (secondary N) is 2. The van der Waals surface area contributed by atoms with E-state index in [2.05, 4.69) is 15.3 Å². The summed E-state index contributed by atoms with van der Waals surface area (Å²) in [6, 6.07) is 24.6. The molecule has 1 atom stereocenters. The molecule has 4 aromatic rings. The summed E-state index contributed by atoms with van der Waals surface area (Å²) in [5, 5.41) is 3.64. The van der Waals surface area contributed by atoms with Crippen molar-refractivity contribution in [1.82, 2.24) is 14.9 Å². The van der Waals surface area contributed by atoms with Crippen LogP contribution in [0.1, 0.15) is 19.7 Å². The molecule has 0 radical (unpaired) electrons. The molecule has 1 amide bonds. The van der Waals surface area contributed by atoms with Gasteiger partial charge in [0.2, 0.25) is 5.91 Å². The summed E-state index contributed by atoms with van der Waals surface area (Å²) < 4.78 is 0. The molecule has 1 unspecified atom stereocenters. The summed E-state index contributed by atoms with van der Waals surface area (Å²) in [7, 11) is 0. The summed E-state index contributed by atoms with van der Waals surface area (Å²) >= 11 is 0. The molecule has 3 aromatic carbocycles. The van der Waals surface area contributed by atoms with Gasteiger partial charge >= 0.3 is 0 Å². The first-order chi connectivity index (χ1) is 15.6. The maximum atomic E-state index is 13.1. The molecule has 1 aromatic heterocycles. The third-order valence-electron chi connectivity index (χ3n) is 5.62. The van der Waals surface area contributed by atoms with Crippen LogP contribution in [0.3, 0.4) is 0 Å². The quantitative estimate of drug-likeness (QED) is 0.458. The number of aromatic nitrogens is 2. The Hall–Kier alpha value is -3.77. The van der Waals surface area contributed by atoms with Crippen LogP contribution in [0.4, 0.5) is 5.69 Å². The number of aromatic amines is 1. The molecule has 1 heterocycles. The van der Waals surface area contributed by atoms with Crippen molar-refractivity contribution < 1.29 is 4.79 Å². The van der Waals surface area contributed by atoms with Crippen LogP contribution in [0.25, 0.3) is 22.0 Å². The Bertz CT molecular complexity index is 1280. The van der Waals surface area contributed by atoms with Crippen LogP contribution >= 0.6 is 0 Å². The lowest BCUT2D eigenvalue weighted by molar-refractivity contribution is -0.120. The number of likely N-dealkylation sites (N-methyl/N-ethyl adjacent to an activating group) is 1. The number of hydrogen-bond acceptors (Lipinski definition) is 4. The molecule has 0 bridgehead atoms. The summed E-state index contributed by atoms with van der Waals surface area (Å²) in [5.74, 6) is 0.429. The van der Waals surface area contributed by atoms with E-state index in [-0.39, 0.29) is 11.5 Å². The molecule has 0 saturated heterocycles. The lowest BCUT2D eigenvalue weighted by Crippen LogP contribution is -2.42.